The molecule has 1 atom stereocenters. The Balaban J connectivity index is 2.19. The van der Waals surface area contributed by atoms with Gasteiger partial charge in [0, 0.05) is 23.5 Å². The van der Waals surface area contributed by atoms with E-state index in [0.717, 1.165) is 11.3 Å². The molecule has 19 heavy (non-hydrogen) atoms. The van der Waals surface area contributed by atoms with Crippen LogP contribution in [0.3, 0.4) is 0 Å². The number of urea groups is 1. The molecule has 1 aromatic rings. The molecule has 7 nitrogen and oxygen atoms in total. The molecule has 0 aliphatic rings. The maximum atomic E-state index is 11.5. The number of carbonyl (C=O) groups is 2. The number of hydrogen-bond donors (Lipinski definition) is 4. The van der Waals surface area contributed by atoms with Crippen LogP contribution in [0.2, 0.25) is 0 Å². The topological polar surface area (TPSA) is 111 Å². The summed E-state index contributed by atoms with van der Waals surface area (Å²) in [6, 6.07) is -0.434. The normalized spacial score (nSPS) is 11.8. The number of amides is 2. The number of H-pyrrole nitrogens is 1. The highest BCUT2D eigenvalue weighted by Gasteiger charge is 2.08. The van der Waals surface area contributed by atoms with Gasteiger partial charge in [-0.2, -0.15) is 0 Å². The number of carboxylic acid groups (broad SMARTS) is 1. The minimum absolute atomic E-state index is 0.0964. The molecule has 0 aliphatic carbocycles. The minimum Gasteiger partial charge on any atom is -0.481 e. The van der Waals surface area contributed by atoms with Crippen LogP contribution in [0.1, 0.15) is 31.9 Å². The third-order valence-corrected chi connectivity index (χ3v) is 3.13. The van der Waals surface area contributed by atoms with Gasteiger partial charge in [-0.05, 0) is 19.8 Å². The molecular weight excluding hydrogens is 270 g/mol. The molecule has 0 spiro atoms. The zero-order chi connectivity index (χ0) is 14.3. The van der Waals surface area contributed by atoms with Crippen LogP contribution in [0.5, 0.6) is 0 Å². The van der Waals surface area contributed by atoms with Gasteiger partial charge in [0.15, 0.2) is 0 Å². The van der Waals surface area contributed by atoms with E-state index >= 15 is 0 Å². The van der Waals surface area contributed by atoms with E-state index in [4.69, 9.17) is 5.11 Å². The Bertz CT molecular complexity index is 482. The molecule has 0 saturated carbocycles. The largest absolute Gasteiger partial charge is 0.481 e. The second-order valence-corrected chi connectivity index (χ2v) is 5.03. The maximum Gasteiger partial charge on any atom is 0.315 e. The highest BCUT2D eigenvalue weighted by Crippen LogP contribution is 2.00. The first-order chi connectivity index (χ1) is 8.97. The fourth-order valence-corrected chi connectivity index (χ4v) is 2.06. The Labute approximate surface area is 114 Å². The first-order valence-electron chi connectivity index (χ1n) is 5.90. The van der Waals surface area contributed by atoms with Crippen molar-refractivity contribution in [3.8, 4) is 0 Å². The molecule has 1 unspecified atom stereocenters. The van der Waals surface area contributed by atoms with Crippen molar-refractivity contribution in [1.82, 2.24) is 15.6 Å². The van der Waals surface area contributed by atoms with Gasteiger partial charge in [0.2, 0.25) is 0 Å². The van der Waals surface area contributed by atoms with Crippen LogP contribution in [0.25, 0.3) is 0 Å². The van der Waals surface area contributed by atoms with Crippen molar-refractivity contribution >= 4 is 23.3 Å². The summed E-state index contributed by atoms with van der Waals surface area (Å²) < 4.78 is 0. The number of aromatic nitrogens is 1. The Morgan fingerprint density at radius 3 is 2.84 bits per heavy atom. The molecule has 1 rings (SSSR count). The van der Waals surface area contributed by atoms with Crippen molar-refractivity contribution < 1.29 is 14.7 Å². The Kier molecular flexibility index (Phi) is 6.07. The molecule has 1 aromatic heterocycles. The summed E-state index contributed by atoms with van der Waals surface area (Å²) in [5.41, 5.74) is 0.656. The fourth-order valence-electron chi connectivity index (χ4n) is 1.48. The van der Waals surface area contributed by atoms with Crippen molar-refractivity contribution in [2.45, 2.75) is 38.8 Å². The van der Waals surface area contributed by atoms with Crippen LogP contribution < -0.4 is 15.5 Å². The van der Waals surface area contributed by atoms with Gasteiger partial charge in [-0.3, -0.25) is 9.59 Å². The van der Waals surface area contributed by atoms with Crippen molar-refractivity contribution in [3.63, 3.8) is 0 Å². The fraction of sp³-hybridized carbons (Fsp3) is 0.545. The van der Waals surface area contributed by atoms with Crippen LogP contribution in [-0.2, 0) is 11.3 Å². The smallest absolute Gasteiger partial charge is 0.315 e. The molecule has 0 aliphatic heterocycles. The third-order valence-electron chi connectivity index (χ3n) is 2.42. The molecule has 0 bridgehead atoms. The van der Waals surface area contributed by atoms with Crippen LogP contribution in [0, 0.1) is 0 Å². The van der Waals surface area contributed by atoms with E-state index in [1.54, 1.807) is 5.38 Å². The SMILES string of the molecule is CC(CCCC(=O)O)NC(=O)NCc1csc(=O)[nH]1. The van der Waals surface area contributed by atoms with Crippen molar-refractivity contribution in [3.05, 3.63) is 20.7 Å². The van der Waals surface area contributed by atoms with Crippen molar-refractivity contribution in [2.24, 2.45) is 0 Å². The van der Waals surface area contributed by atoms with Crippen molar-refractivity contribution in [1.29, 1.82) is 0 Å². The van der Waals surface area contributed by atoms with Crippen molar-refractivity contribution in [2.75, 3.05) is 0 Å². The molecule has 4 N–H and O–H groups in total. The Hall–Kier alpha value is -1.83. The third kappa shape index (κ3) is 6.61. The van der Waals surface area contributed by atoms with E-state index in [-0.39, 0.29) is 29.9 Å². The van der Waals surface area contributed by atoms with Crippen LogP contribution >= 0.6 is 11.3 Å². The molecule has 0 fully saturated rings. The lowest BCUT2D eigenvalue weighted by molar-refractivity contribution is -0.137. The summed E-state index contributed by atoms with van der Waals surface area (Å²) in [5.74, 6) is -0.835. The summed E-state index contributed by atoms with van der Waals surface area (Å²) >= 11 is 1.05. The first kappa shape index (κ1) is 15.2. The van der Waals surface area contributed by atoms with Gasteiger partial charge in [0.05, 0.1) is 6.54 Å². The average molecular weight is 287 g/mol. The summed E-state index contributed by atoms with van der Waals surface area (Å²) in [5, 5.41) is 15.5. The summed E-state index contributed by atoms with van der Waals surface area (Å²) in [4.78, 5) is 35.1. The maximum absolute atomic E-state index is 11.5. The quantitative estimate of drug-likeness (QED) is 0.596. The molecule has 106 valence electrons. The van der Waals surface area contributed by atoms with Gasteiger partial charge >= 0.3 is 16.9 Å². The number of carboxylic acids is 1. The summed E-state index contributed by atoms with van der Waals surface area (Å²) in [6.45, 7) is 2.07. The van der Waals surface area contributed by atoms with Gasteiger partial charge in [-0.15, -0.1) is 0 Å². The second-order valence-electron chi connectivity index (χ2n) is 4.19. The van der Waals surface area contributed by atoms with E-state index in [1.165, 1.54) is 0 Å². The van der Waals surface area contributed by atoms with Gasteiger partial charge in [0.25, 0.3) is 0 Å². The molecule has 0 aromatic carbocycles. The van der Waals surface area contributed by atoms with Crippen LogP contribution in [0.15, 0.2) is 10.2 Å². The molecule has 0 radical (unpaired) electrons. The first-order valence-corrected chi connectivity index (χ1v) is 6.78. The lowest BCUT2D eigenvalue weighted by atomic mass is 10.1. The Morgan fingerprint density at radius 2 is 2.26 bits per heavy atom. The lowest BCUT2D eigenvalue weighted by Gasteiger charge is -2.13. The second kappa shape index (κ2) is 7.57. The highest BCUT2D eigenvalue weighted by atomic mass is 32.1. The zero-order valence-electron chi connectivity index (χ0n) is 10.6. The minimum atomic E-state index is -0.835. The summed E-state index contributed by atoms with van der Waals surface area (Å²) in [6.07, 6.45) is 1.23. The average Bonchev–Trinajstić information content (AvgIpc) is 2.72. The van der Waals surface area contributed by atoms with E-state index < -0.39 is 5.97 Å². The number of carbonyl (C=O) groups excluding carboxylic acids is 1. The molecular formula is C11H17N3O4S. The van der Waals surface area contributed by atoms with E-state index in [0.29, 0.717) is 18.5 Å². The predicted octanol–water partition coefficient (Wildman–Crippen LogP) is 0.879. The standard InChI is InChI=1S/C11H17N3O4S/c1-7(3-2-4-9(15)16)13-10(17)12-5-8-6-19-11(18)14-8/h6-7H,2-5H2,1H3,(H,14,18)(H,15,16)(H2,12,13,17). The number of rotatable bonds is 7. The van der Waals surface area contributed by atoms with E-state index in [2.05, 4.69) is 15.6 Å². The molecule has 2 amide bonds. The molecule has 8 heteroatoms. The Morgan fingerprint density at radius 1 is 1.53 bits per heavy atom. The molecule has 1 heterocycles. The predicted molar refractivity (Wildman–Crippen MR) is 71.3 cm³/mol. The zero-order valence-corrected chi connectivity index (χ0v) is 11.4. The van der Waals surface area contributed by atoms with Gasteiger partial charge in [0.1, 0.15) is 0 Å². The van der Waals surface area contributed by atoms with Gasteiger partial charge in [-0.1, -0.05) is 11.3 Å². The van der Waals surface area contributed by atoms with Gasteiger partial charge in [-0.25, -0.2) is 4.79 Å². The molecule has 0 saturated heterocycles. The van der Waals surface area contributed by atoms with E-state index in [1.807, 2.05) is 6.92 Å². The number of aromatic amines is 1. The monoisotopic (exact) mass is 287 g/mol. The van der Waals surface area contributed by atoms with Crippen LogP contribution in [0.4, 0.5) is 4.79 Å². The number of nitrogens with one attached hydrogen (secondary N) is 3. The number of aliphatic carboxylic acids is 1. The lowest BCUT2D eigenvalue weighted by Crippen LogP contribution is -2.40. The number of hydrogen-bond acceptors (Lipinski definition) is 4. The highest BCUT2D eigenvalue weighted by molar-refractivity contribution is 7.07. The number of thiazole rings is 1. The van der Waals surface area contributed by atoms with E-state index in [9.17, 15) is 14.4 Å². The van der Waals surface area contributed by atoms with Gasteiger partial charge < -0.3 is 20.7 Å². The van der Waals surface area contributed by atoms with Crippen LogP contribution in [-0.4, -0.2) is 28.1 Å². The summed E-state index contributed by atoms with van der Waals surface area (Å²) in [7, 11) is 0.